The Labute approximate surface area is 181 Å². The molecule has 0 unspecified atom stereocenters. The van der Waals surface area contributed by atoms with Crippen LogP contribution in [0.5, 0.6) is 0 Å². The Bertz CT molecular complexity index is 1080. The molecule has 1 aliphatic carbocycles. The Morgan fingerprint density at radius 2 is 2.10 bits per heavy atom. The number of nitrogens with one attached hydrogen (secondary N) is 1. The van der Waals surface area contributed by atoms with Gasteiger partial charge in [-0.2, -0.15) is 5.10 Å². The number of hydrogen-bond donors (Lipinski definition) is 1. The van der Waals surface area contributed by atoms with Crippen LogP contribution in [0.3, 0.4) is 0 Å². The van der Waals surface area contributed by atoms with Crippen LogP contribution in [-0.2, 0) is 20.8 Å². The van der Waals surface area contributed by atoms with Crippen molar-refractivity contribution in [2.75, 3.05) is 18.5 Å². The molecule has 0 aliphatic heterocycles. The molecule has 9 nitrogen and oxygen atoms in total. The van der Waals surface area contributed by atoms with Crippen molar-refractivity contribution in [3.8, 4) is 0 Å². The van der Waals surface area contributed by atoms with Crippen LogP contribution in [-0.4, -0.2) is 40.8 Å². The van der Waals surface area contributed by atoms with Gasteiger partial charge in [-0.1, -0.05) is 0 Å². The lowest BCUT2D eigenvalue weighted by Gasteiger charge is -2.08. The molecule has 162 valence electrons. The van der Waals surface area contributed by atoms with E-state index in [0.717, 1.165) is 18.4 Å². The van der Waals surface area contributed by atoms with Crippen molar-refractivity contribution < 1.29 is 28.3 Å². The van der Waals surface area contributed by atoms with Crippen LogP contribution in [0.2, 0.25) is 0 Å². The van der Waals surface area contributed by atoms with Crippen LogP contribution < -0.4 is 5.32 Å². The van der Waals surface area contributed by atoms with E-state index in [1.54, 1.807) is 36.1 Å². The molecule has 1 saturated carbocycles. The fourth-order valence-electron chi connectivity index (χ4n) is 3.06. The Morgan fingerprint density at radius 3 is 2.81 bits per heavy atom. The van der Waals surface area contributed by atoms with Crippen molar-refractivity contribution >= 4 is 34.2 Å². The molecule has 3 aromatic heterocycles. The molecule has 4 rings (SSSR count). The van der Waals surface area contributed by atoms with E-state index in [4.69, 9.17) is 13.9 Å². The number of carbonyl (C=O) groups excluding carboxylic acids is 3. The fourth-order valence-corrected chi connectivity index (χ4v) is 4.11. The summed E-state index contributed by atoms with van der Waals surface area (Å²) in [4.78, 5) is 36.9. The second kappa shape index (κ2) is 9.17. The van der Waals surface area contributed by atoms with Crippen LogP contribution in [0.1, 0.15) is 57.9 Å². The van der Waals surface area contributed by atoms with Gasteiger partial charge in [0.2, 0.25) is 5.76 Å². The first-order valence-electron chi connectivity index (χ1n) is 9.86. The lowest BCUT2D eigenvalue weighted by molar-refractivity contribution is -0.119. The highest BCUT2D eigenvalue weighted by atomic mass is 32.1. The predicted octanol–water partition coefficient (Wildman–Crippen LogP) is 3.44. The maximum Gasteiger partial charge on any atom is 0.374 e. The van der Waals surface area contributed by atoms with E-state index in [1.165, 1.54) is 17.4 Å². The first-order valence-corrected chi connectivity index (χ1v) is 10.7. The van der Waals surface area contributed by atoms with E-state index in [-0.39, 0.29) is 12.4 Å². The van der Waals surface area contributed by atoms with Gasteiger partial charge in [-0.3, -0.25) is 9.48 Å². The minimum Gasteiger partial charge on any atom is -0.462 e. The third kappa shape index (κ3) is 5.02. The molecule has 3 aromatic rings. The third-order valence-corrected chi connectivity index (χ3v) is 5.56. The SMILES string of the molecule is CCOC(=O)c1c(C2CC2)csc1NC(=O)COC(=O)c1ccc(Cn2cccn2)o1. The van der Waals surface area contributed by atoms with Gasteiger partial charge in [-0.25, -0.2) is 9.59 Å². The first kappa shape index (κ1) is 20.9. The van der Waals surface area contributed by atoms with E-state index in [1.807, 2.05) is 5.38 Å². The molecule has 0 bridgehead atoms. The lowest BCUT2D eigenvalue weighted by Crippen LogP contribution is -2.21. The highest BCUT2D eigenvalue weighted by Gasteiger charge is 2.32. The van der Waals surface area contributed by atoms with Gasteiger partial charge in [0.05, 0.1) is 18.7 Å². The van der Waals surface area contributed by atoms with Crippen molar-refractivity contribution in [3.63, 3.8) is 0 Å². The number of anilines is 1. The number of amides is 1. The number of ether oxygens (including phenoxy) is 2. The Hall–Kier alpha value is -3.40. The van der Waals surface area contributed by atoms with Gasteiger partial charge >= 0.3 is 11.9 Å². The van der Waals surface area contributed by atoms with Gasteiger partial charge in [-0.15, -0.1) is 11.3 Å². The number of furan rings is 1. The van der Waals surface area contributed by atoms with Gasteiger partial charge in [0, 0.05) is 12.4 Å². The quantitative estimate of drug-likeness (QED) is 0.504. The minimum atomic E-state index is -0.752. The zero-order valence-corrected chi connectivity index (χ0v) is 17.6. The second-order valence-corrected chi connectivity index (χ2v) is 7.86. The molecule has 1 amide bonds. The lowest BCUT2D eigenvalue weighted by atomic mass is 10.1. The molecular weight excluding hydrogens is 422 g/mol. The van der Waals surface area contributed by atoms with Crippen LogP contribution in [0.15, 0.2) is 40.4 Å². The van der Waals surface area contributed by atoms with E-state index < -0.39 is 24.5 Å². The number of hydrogen-bond acceptors (Lipinski definition) is 8. The summed E-state index contributed by atoms with van der Waals surface area (Å²) in [5, 5.41) is 9.00. The van der Waals surface area contributed by atoms with E-state index in [0.29, 0.717) is 28.8 Å². The van der Waals surface area contributed by atoms with Gasteiger partial charge in [0.15, 0.2) is 6.61 Å². The smallest absolute Gasteiger partial charge is 0.374 e. The highest BCUT2D eigenvalue weighted by molar-refractivity contribution is 7.15. The molecule has 0 radical (unpaired) electrons. The number of thiophene rings is 1. The van der Waals surface area contributed by atoms with Crippen LogP contribution >= 0.6 is 11.3 Å². The summed E-state index contributed by atoms with van der Waals surface area (Å²) in [5.74, 6) is -0.907. The molecule has 0 atom stereocenters. The molecular formula is C21H21N3O6S. The summed E-state index contributed by atoms with van der Waals surface area (Å²) in [5.41, 5.74) is 1.29. The van der Waals surface area contributed by atoms with E-state index >= 15 is 0 Å². The molecule has 31 heavy (non-hydrogen) atoms. The Morgan fingerprint density at radius 1 is 1.26 bits per heavy atom. The van der Waals surface area contributed by atoms with Gasteiger partial charge in [0.25, 0.3) is 5.91 Å². The van der Waals surface area contributed by atoms with Gasteiger partial charge in [0.1, 0.15) is 10.8 Å². The molecule has 0 spiro atoms. The summed E-state index contributed by atoms with van der Waals surface area (Å²) in [6.45, 7) is 1.84. The zero-order chi connectivity index (χ0) is 21.8. The summed E-state index contributed by atoms with van der Waals surface area (Å²) < 4.78 is 17.3. The predicted molar refractivity (Wildman–Crippen MR) is 111 cm³/mol. The number of carbonyl (C=O) groups is 3. The van der Waals surface area contributed by atoms with E-state index in [2.05, 4.69) is 10.4 Å². The second-order valence-electron chi connectivity index (χ2n) is 6.98. The van der Waals surface area contributed by atoms with E-state index in [9.17, 15) is 14.4 Å². The molecule has 1 N–H and O–H groups in total. The molecule has 10 heteroatoms. The Kier molecular flexibility index (Phi) is 6.17. The van der Waals surface area contributed by atoms with Crippen LogP contribution in [0.25, 0.3) is 0 Å². The summed E-state index contributed by atoms with van der Waals surface area (Å²) in [6.07, 6.45) is 5.44. The standard InChI is InChI=1S/C21H21N3O6S/c1-2-28-21(27)18-15(13-4-5-13)12-31-19(18)23-17(25)11-29-20(26)16-7-6-14(30-16)10-24-9-3-8-22-24/h3,6-9,12-13H,2,4-5,10-11H2,1H3,(H,23,25). The first-order chi connectivity index (χ1) is 15.0. The van der Waals surface area contributed by atoms with Crippen LogP contribution in [0.4, 0.5) is 5.00 Å². The van der Waals surface area contributed by atoms with Crippen molar-refractivity contribution in [3.05, 3.63) is 58.6 Å². The normalized spacial score (nSPS) is 13.1. The van der Waals surface area contributed by atoms with Crippen molar-refractivity contribution in [1.29, 1.82) is 0 Å². The fraction of sp³-hybridized carbons (Fsp3) is 0.333. The van der Waals surface area contributed by atoms with Gasteiger partial charge in [-0.05, 0) is 54.8 Å². The topological polar surface area (TPSA) is 113 Å². The monoisotopic (exact) mass is 443 g/mol. The Balaban J connectivity index is 1.34. The van der Waals surface area contributed by atoms with Gasteiger partial charge < -0.3 is 19.2 Å². The molecule has 1 aliphatic rings. The molecule has 0 aromatic carbocycles. The highest BCUT2D eigenvalue weighted by Crippen LogP contribution is 2.46. The summed E-state index contributed by atoms with van der Waals surface area (Å²) in [6, 6.07) is 4.92. The number of aromatic nitrogens is 2. The minimum absolute atomic E-state index is 0.00527. The van der Waals surface area contributed by atoms with Crippen molar-refractivity contribution in [2.45, 2.75) is 32.2 Å². The number of esters is 2. The largest absolute Gasteiger partial charge is 0.462 e. The van der Waals surface area contributed by atoms with Crippen molar-refractivity contribution in [2.24, 2.45) is 0 Å². The number of nitrogens with zero attached hydrogens (tertiary/aromatic N) is 2. The van der Waals surface area contributed by atoms with Crippen LogP contribution in [0, 0.1) is 0 Å². The molecule has 0 saturated heterocycles. The summed E-state index contributed by atoms with van der Waals surface area (Å²) >= 11 is 1.26. The van der Waals surface area contributed by atoms with Crippen molar-refractivity contribution in [1.82, 2.24) is 9.78 Å². The molecule has 1 fully saturated rings. The summed E-state index contributed by atoms with van der Waals surface area (Å²) in [7, 11) is 0. The average Bonchev–Trinajstić information content (AvgIpc) is 3.13. The average molecular weight is 443 g/mol. The maximum absolute atomic E-state index is 12.4. The third-order valence-electron chi connectivity index (χ3n) is 4.64. The maximum atomic E-state index is 12.4. The number of rotatable bonds is 9. The zero-order valence-electron chi connectivity index (χ0n) is 16.8. The molecule has 3 heterocycles.